The van der Waals surface area contributed by atoms with Gasteiger partial charge in [0, 0.05) is 35.9 Å². The number of carbonyl (C=O) groups excluding carboxylic acids is 1. The van der Waals surface area contributed by atoms with E-state index in [2.05, 4.69) is 26.0 Å². The average Bonchev–Trinajstić information content (AvgIpc) is 3.17. The van der Waals surface area contributed by atoms with Gasteiger partial charge in [0.2, 0.25) is 0 Å². The summed E-state index contributed by atoms with van der Waals surface area (Å²) < 4.78 is 2.17. The Morgan fingerprint density at radius 2 is 2.17 bits per heavy atom. The Bertz CT molecular complexity index is 839. The molecule has 0 spiro atoms. The Hall–Kier alpha value is -2.60. The summed E-state index contributed by atoms with van der Waals surface area (Å²) in [6.07, 6.45) is 3.67. The summed E-state index contributed by atoms with van der Waals surface area (Å²) in [7, 11) is 0. The number of rotatable bonds is 3. The molecule has 3 heterocycles. The van der Waals surface area contributed by atoms with Crippen LogP contribution in [0.25, 0.3) is 11.3 Å². The SMILES string of the molecule is O=C(Nc1cccc(-c2cn3c(n2)SCC3)c1)c1ccccn1. The van der Waals surface area contributed by atoms with Crippen molar-refractivity contribution < 1.29 is 4.79 Å². The van der Waals surface area contributed by atoms with E-state index in [1.165, 1.54) is 0 Å². The first kappa shape index (κ1) is 14.0. The predicted molar refractivity (Wildman–Crippen MR) is 90.6 cm³/mol. The maximum absolute atomic E-state index is 12.2. The standard InChI is InChI=1S/C17H14N4OS/c22-16(14-6-1-2-7-18-14)19-13-5-3-4-12(10-13)15-11-21-8-9-23-17(21)20-15/h1-7,10-11H,8-9H2,(H,19,22). The van der Waals surface area contributed by atoms with E-state index < -0.39 is 0 Å². The zero-order chi connectivity index (χ0) is 15.6. The third-order valence-electron chi connectivity index (χ3n) is 3.62. The molecule has 0 radical (unpaired) electrons. The smallest absolute Gasteiger partial charge is 0.274 e. The van der Waals surface area contributed by atoms with Crippen molar-refractivity contribution in [3.63, 3.8) is 0 Å². The normalized spacial score (nSPS) is 12.9. The maximum atomic E-state index is 12.2. The number of imidazole rings is 1. The van der Waals surface area contributed by atoms with Crippen LogP contribution in [0.1, 0.15) is 10.5 Å². The third-order valence-corrected chi connectivity index (χ3v) is 4.59. The number of hydrogen-bond donors (Lipinski definition) is 1. The molecule has 0 aliphatic carbocycles. The molecule has 1 aliphatic heterocycles. The van der Waals surface area contributed by atoms with Gasteiger partial charge in [-0.15, -0.1) is 0 Å². The first-order valence-corrected chi connectivity index (χ1v) is 8.31. The highest BCUT2D eigenvalue weighted by molar-refractivity contribution is 7.99. The van der Waals surface area contributed by atoms with Crippen LogP contribution < -0.4 is 5.32 Å². The van der Waals surface area contributed by atoms with Gasteiger partial charge in [-0.2, -0.15) is 0 Å². The van der Waals surface area contributed by atoms with Crippen LogP contribution in [0.5, 0.6) is 0 Å². The number of nitrogens with one attached hydrogen (secondary N) is 1. The first-order valence-electron chi connectivity index (χ1n) is 7.32. The van der Waals surface area contributed by atoms with Crippen LogP contribution >= 0.6 is 11.8 Å². The lowest BCUT2D eigenvalue weighted by molar-refractivity contribution is 0.102. The number of aryl methyl sites for hydroxylation is 1. The summed E-state index contributed by atoms with van der Waals surface area (Å²) >= 11 is 1.77. The number of benzene rings is 1. The molecule has 6 heteroatoms. The summed E-state index contributed by atoms with van der Waals surface area (Å²) in [5, 5.41) is 3.93. The monoisotopic (exact) mass is 322 g/mol. The fourth-order valence-corrected chi connectivity index (χ4v) is 3.44. The number of fused-ring (bicyclic) bond motifs is 1. The molecule has 0 unspecified atom stereocenters. The van der Waals surface area contributed by atoms with Gasteiger partial charge in [0.05, 0.1) is 5.69 Å². The summed E-state index contributed by atoms with van der Waals surface area (Å²) in [6, 6.07) is 13.0. The molecule has 0 saturated carbocycles. The molecule has 1 aliphatic rings. The molecule has 2 aromatic heterocycles. The fourth-order valence-electron chi connectivity index (χ4n) is 2.50. The third kappa shape index (κ3) is 2.85. The molecule has 0 saturated heterocycles. The second kappa shape index (κ2) is 5.89. The van der Waals surface area contributed by atoms with Crippen molar-refractivity contribution in [3.05, 3.63) is 60.6 Å². The summed E-state index contributed by atoms with van der Waals surface area (Å²) in [5.74, 6) is 0.869. The summed E-state index contributed by atoms with van der Waals surface area (Å²) in [4.78, 5) is 20.9. The highest BCUT2D eigenvalue weighted by Crippen LogP contribution is 2.29. The van der Waals surface area contributed by atoms with Crippen LogP contribution in [0.15, 0.2) is 60.0 Å². The Balaban J connectivity index is 1.57. The van der Waals surface area contributed by atoms with E-state index >= 15 is 0 Å². The van der Waals surface area contributed by atoms with Gasteiger partial charge in [0.1, 0.15) is 5.69 Å². The van der Waals surface area contributed by atoms with Crippen molar-refractivity contribution in [2.75, 3.05) is 11.1 Å². The minimum atomic E-state index is -0.217. The van der Waals surface area contributed by atoms with Gasteiger partial charge in [-0.25, -0.2) is 4.98 Å². The second-order valence-corrected chi connectivity index (χ2v) is 6.26. The van der Waals surface area contributed by atoms with Gasteiger partial charge in [-0.05, 0) is 24.3 Å². The Kier molecular flexibility index (Phi) is 3.59. The van der Waals surface area contributed by atoms with E-state index in [9.17, 15) is 4.79 Å². The molecule has 114 valence electrons. The second-order valence-electron chi connectivity index (χ2n) is 5.20. The van der Waals surface area contributed by atoms with E-state index in [-0.39, 0.29) is 5.91 Å². The highest BCUT2D eigenvalue weighted by atomic mass is 32.2. The van der Waals surface area contributed by atoms with Crippen molar-refractivity contribution in [2.24, 2.45) is 0 Å². The van der Waals surface area contributed by atoms with Crippen molar-refractivity contribution in [2.45, 2.75) is 11.7 Å². The number of nitrogens with zero attached hydrogens (tertiary/aromatic N) is 3. The Labute approximate surface area is 137 Å². The minimum Gasteiger partial charge on any atom is -0.325 e. The van der Waals surface area contributed by atoms with Crippen molar-refractivity contribution in [1.29, 1.82) is 0 Å². The van der Waals surface area contributed by atoms with E-state index in [1.807, 2.05) is 24.3 Å². The average molecular weight is 322 g/mol. The van der Waals surface area contributed by atoms with Crippen molar-refractivity contribution in [3.8, 4) is 11.3 Å². The van der Waals surface area contributed by atoms with Crippen LogP contribution in [0.3, 0.4) is 0 Å². The maximum Gasteiger partial charge on any atom is 0.274 e. The topological polar surface area (TPSA) is 59.8 Å². The lowest BCUT2D eigenvalue weighted by Crippen LogP contribution is -2.13. The van der Waals surface area contributed by atoms with E-state index in [1.54, 1.807) is 36.2 Å². The van der Waals surface area contributed by atoms with Gasteiger partial charge in [0.25, 0.3) is 5.91 Å². The lowest BCUT2D eigenvalue weighted by Gasteiger charge is -2.06. The van der Waals surface area contributed by atoms with E-state index in [0.29, 0.717) is 5.69 Å². The molecule has 1 aromatic carbocycles. The molecular formula is C17H14N4OS. The Morgan fingerprint density at radius 3 is 3.00 bits per heavy atom. The molecule has 1 N–H and O–H groups in total. The van der Waals surface area contributed by atoms with Gasteiger partial charge in [-0.1, -0.05) is 30.0 Å². The molecule has 3 aromatic rings. The van der Waals surface area contributed by atoms with Crippen LogP contribution in [0.2, 0.25) is 0 Å². The lowest BCUT2D eigenvalue weighted by atomic mass is 10.1. The number of pyridine rings is 1. The molecular weight excluding hydrogens is 308 g/mol. The summed E-state index contributed by atoms with van der Waals surface area (Å²) in [6.45, 7) is 1.00. The van der Waals surface area contributed by atoms with Gasteiger partial charge < -0.3 is 9.88 Å². The van der Waals surface area contributed by atoms with E-state index in [4.69, 9.17) is 0 Å². The number of anilines is 1. The van der Waals surface area contributed by atoms with Crippen LogP contribution in [-0.4, -0.2) is 26.2 Å². The first-order chi connectivity index (χ1) is 11.3. The quantitative estimate of drug-likeness (QED) is 0.804. The number of carbonyl (C=O) groups is 1. The number of amides is 1. The largest absolute Gasteiger partial charge is 0.325 e. The molecule has 0 atom stereocenters. The van der Waals surface area contributed by atoms with Gasteiger partial charge in [0.15, 0.2) is 5.16 Å². The zero-order valence-corrected chi connectivity index (χ0v) is 13.1. The summed E-state index contributed by atoms with van der Waals surface area (Å²) in [5.41, 5.74) is 3.06. The van der Waals surface area contributed by atoms with Crippen LogP contribution in [-0.2, 0) is 6.54 Å². The molecule has 0 bridgehead atoms. The van der Waals surface area contributed by atoms with E-state index in [0.717, 1.165) is 34.4 Å². The molecule has 5 nitrogen and oxygen atoms in total. The van der Waals surface area contributed by atoms with Crippen molar-refractivity contribution >= 4 is 23.4 Å². The van der Waals surface area contributed by atoms with Gasteiger partial charge in [-0.3, -0.25) is 9.78 Å². The molecule has 4 rings (SSSR count). The van der Waals surface area contributed by atoms with Crippen LogP contribution in [0.4, 0.5) is 5.69 Å². The number of hydrogen-bond acceptors (Lipinski definition) is 4. The molecule has 23 heavy (non-hydrogen) atoms. The molecule has 0 fully saturated rings. The minimum absolute atomic E-state index is 0.217. The number of thioether (sulfide) groups is 1. The molecule has 1 amide bonds. The Morgan fingerprint density at radius 1 is 1.22 bits per heavy atom. The predicted octanol–water partition coefficient (Wildman–Crippen LogP) is 3.30. The van der Waals surface area contributed by atoms with Crippen molar-refractivity contribution in [1.82, 2.24) is 14.5 Å². The zero-order valence-electron chi connectivity index (χ0n) is 12.3. The van der Waals surface area contributed by atoms with Gasteiger partial charge >= 0.3 is 0 Å². The van der Waals surface area contributed by atoms with Crippen LogP contribution in [0, 0.1) is 0 Å². The number of aromatic nitrogens is 3. The fraction of sp³-hybridized carbons (Fsp3) is 0.118. The highest BCUT2D eigenvalue weighted by Gasteiger charge is 2.15.